The van der Waals surface area contributed by atoms with Crippen LogP contribution in [0.15, 0.2) is 23.1 Å². The lowest BCUT2D eigenvalue weighted by Crippen LogP contribution is -2.46. The predicted octanol–water partition coefficient (Wildman–Crippen LogP) is 3.23. The Hall–Kier alpha value is -2.34. The second-order valence-corrected chi connectivity index (χ2v) is 7.86. The molecule has 1 saturated heterocycles. The van der Waals surface area contributed by atoms with Crippen molar-refractivity contribution in [2.75, 3.05) is 4.90 Å². The maximum atomic E-state index is 13.2. The fraction of sp³-hybridized carbons (Fsp3) is 0.278. The summed E-state index contributed by atoms with van der Waals surface area (Å²) in [6, 6.07) is 3.98. The third-order valence-electron chi connectivity index (χ3n) is 4.58. The van der Waals surface area contributed by atoms with E-state index >= 15 is 0 Å². The largest absolute Gasteiger partial charge is 0.298 e. The van der Waals surface area contributed by atoms with Gasteiger partial charge in [0.05, 0.1) is 21.7 Å². The molecule has 3 aliphatic heterocycles. The number of thioether (sulfide) groups is 1. The number of nitrogens with zero attached hydrogens (tertiary/aromatic N) is 1. The minimum atomic E-state index is -0.496. The minimum Gasteiger partial charge on any atom is -0.298 e. The van der Waals surface area contributed by atoms with Crippen LogP contribution >= 0.6 is 11.8 Å². The Bertz CT molecular complexity index is 924. The summed E-state index contributed by atoms with van der Waals surface area (Å²) in [5.74, 6) is -0.719. The highest BCUT2D eigenvalue weighted by atomic mass is 32.2. The third-order valence-corrected chi connectivity index (χ3v) is 5.46. The van der Waals surface area contributed by atoms with Gasteiger partial charge in [0, 0.05) is 11.1 Å². The van der Waals surface area contributed by atoms with Gasteiger partial charge in [-0.05, 0) is 62.7 Å². The average molecular weight is 340 g/mol. The normalized spacial score (nSPS) is 24.2. The van der Waals surface area contributed by atoms with Gasteiger partial charge < -0.3 is 0 Å². The van der Waals surface area contributed by atoms with Crippen LogP contribution in [0, 0.1) is 6.92 Å². The second-order valence-electron chi connectivity index (χ2n) is 6.88. The lowest BCUT2D eigenvalue weighted by atomic mass is 9.88. The molecule has 0 saturated carbocycles. The van der Waals surface area contributed by atoms with Crippen LogP contribution in [0.1, 0.15) is 37.5 Å². The van der Waals surface area contributed by atoms with Crippen molar-refractivity contribution in [2.45, 2.75) is 33.2 Å². The van der Waals surface area contributed by atoms with E-state index < -0.39 is 16.7 Å². The molecule has 0 bridgehead atoms. The molecule has 4 rings (SSSR count). The zero-order valence-electron chi connectivity index (χ0n) is 13.8. The zero-order valence-corrected chi connectivity index (χ0v) is 14.6. The van der Waals surface area contributed by atoms with E-state index in [4.69, 9.17) is 0 Å². The molecular formula is C18H16N2O3S. The molecule has 1 aromatic carbocycles. The summed E-state index contributed by atoms with van der Waals surface area (Å²) in [5.41, 5.74) is 4.54. The SMILES string of the molecule is CC1=CC(C)(C)N2C(=O)/C(=C3\SC(=O)NC3=O)c3cc(C)cc1c32. The molecule has 122 valence electrons. The maximum Gasteiger partial charge on any atom is 0.290 e. The Morgan fingerprint density at radius 3 is 2.38 bits per heavy atom. The summed E-state index contributed by atoms with van der Waals surface area (Å²) in [4.78, 5) is 38.8. The van der Waals surface area contributed by atoms with Crippen LogP contribution in [0.4, 0.5) is 10.5 Å². The topological polar surface area (TPSA) is 66.5 Å². The molecule has 3 amide bonds. The van der Waals surface area contributed by atoms with Crippen LogP contribution in [-0.4, -0.2) is 22.6 Å². The number of rotatable bonds is 0. The molecule has 0 radical (unpaired) electrons. The van der Waals surface area contributed by atoms with Crippen LogP contribution < -0.4 is 10.2 Å². The average Bonchev–Trinajstić information content (AvgIpc) is 2.92. The Labute approximate surface area is 143 Å². The van der Waals surface area contributed by atoms with Gasteiger partial charge in [0.25, 0.3) is 17.1 Å². The van der Waals surface area contributed by atoms with E-state index in [1.165, 1.54) is 0 Å². The highest BCUT2D eigenvalue weighted by molar-refractivity contribution is 8.18. The van der Waals surface area contributed by atoms with Gasteiger partial charge in [0.15, 0.2) is 0 Å². The highest BCUT2D eigenvalue weighted by Gasteiger charge is 2.47. The van der Waals surface area contributed by atoms with E-state index in [0.29, 0.717) is 5.57 Å². The van der Waals surface area contributed by atoms with Gasteiger partial charge in [0.2, 0.25) is 0 Å². The molecule has 6 heteroatoms. The van der Waals surface area contributed by atoms with E-state index in [9.17, 15) is 14.4 Å². The van der Waals surface area contributed by atoms with E-state index in [1.807, 2.05) is 33.8 Å². The van der Waals surface area contributed by atoms with Crippen LogP contribution in [-0.2, 0) is 9.59 Å². The van der Waals surface area contributed by atoms with Crippen molar-refractivity contribution in [2.24, 2.45) is 0 Å². The van der Waals surface area contributed by atoms with Gasteiger partial charge >= 0.3 is 0 Å². The summed E-state index contributed by atoms with van der Waals surface area (Å²) >= 11 is 0.799. The molecule has 24 heavy (non-hydrogen) atoms. The number of nitrogens with one attached hydrogen (secondary N) is 1. The van der Waals surface area contributed by atoms with Crippen LogP contribution in [0.5, 0.6) is 0 Å². The standard InChI is InChI=1S/C18H16N2O3S/c1-8-5-10-9(2)7-18(3,4)20-13(10)11(6-8)12(16(20)22)14-15(21)19-17(23)24-14/h5-7H,1-4H3,(H,19,21,23)/b14-12-. The number of imide groups is 1. The number of aryl methyl sites for hydroxylation is 1. The smallest absolute Gasteiger partial charge is 0.290 e. The van der Waals surface area contributed by atoms with Gasteiger partial charge in [-0.2, -0.15) is 0 Å². The van der Waals surface area contributed by atoms with Crippen molar-refractivity contribution in [3.8, 4) is 0 Å². The second kappa shape index (κ2) is 4.60. The van der Waals surface area contributed by atoms with Crippen molar-refractivity contribution >= 4 is 45.6 Å². The van der Waals surface area contributed by atoms with Gasteiger partial charge in [0.1, 0.15) is 0 Å². The van der Waals surface area contributed by atoms with Crippen LogP contribution in [0.25, 0.3) is 11.1 Å². The van der Waals surface area contributed by atoms with Crippen LogP contribution in [0.2, 0.25) is 0 Å². The van der Waals surface area contributed by atoms with Crippen molar-refractivity contribution in [1.29, 1.82) is 0 Å². The highest BCUT2D eigenvalue weighted by Crippen LogP contribution is 2.51. The fourth-order valence-electron chi connectivity index (χ4n) is 3.76. The zero-order chi connectivity index (χ0) is 17.4. The number of allylic oxidation sites excluding steroid dienone is 1. The third kappa shape index (κ3) is 1.86. The molecule has 1 aromatic rings. The van der Waals surface area contributed by atoms with E-state index in [-0.39, 0.29) is 10.8 Å². The molecule has 3 heterocycles. The minimum absolute atomic E-state index is 0.195. The van der Waals surface area contributed by atoms with Gasteiger partial charge in [-0.25, -0.2) is 0 Å². The number of anilines is 1. The molecule has 0 unspecified atom stereocenters. The first-order valence-electron chi connectivity index (χ1n) is 7.67. The van der Waals surface area contributed by atoms with Gasteiger partial charge in [-0.15, -0.1) is 0 Å². The molecule has 0 aromatic heterocycles. The Kier molecular flexibility index (Phi) is 2.91. The first-order chi connectivity index (χ1) is 11.2. The maximum absolute atomic E-state index is 13.2. The summed E-state index contributed by atoms with van der Waals surface area (Å²) < 4.78 is 0. The van der Waals surface area contributed by atoms with Gasteiger partial charge in [-0.1, -0.05) is 6.08 Å². The van der Waals surface area contributed by atoms with Crippen molar-refractivity contribution < 1.29 is 14.4 Å². The first-order valence-corrected chi connectivity index (χ1v) is 8.49. The molecule has 5 nitrogen and oxygen atoms in total. The van der Waals surface area contributed by atoms with Crippen molar-refractivity contribution in [1.82, 2.24) is 5.32 Å². The molecule has 1 N–H and O–H groups in total. The summed E-state index contributed by atoms with van der Waals surface area (Å²) in [5, 5.41) is 1.81. The molecule has 1 fully saturated rings. The Morgan fingerprint density at radius 2 is 1.75 bits per heavy atom. The lowest BCUT2D eigenvalue weighted by Gasteiger charge is -2.38. The van der Waals surface area contributed by atoms with E-state index in [2.05, 4.69) is 17.5 Å². The number of amides is 3. The van der Waals surface area contributed by atoms with Crippen molar-refractivity contribution in [3.05, 3.63) is 39.8 Å². The molecule has 0 spiro atoms. The summed E-state index contributed by atoms with van der Waals surface area (Å²) in [7, 11) is 0. The quantitative estimate of drug-likeness (QED) is 0.736. The predicted molar refractivity (Wildman–Crippen MR) is 94.4 cm³/mol. The molecule has 0 aliphatic carbocycles. The fourth-order valence-corrected chi connectivity index (χ4v) is 4.53. The number of benzene rings is 1. The number of hydrogen-bond donors (Lipinski definition) is 1. The summed E-state index contributed by atoms with van der Waals surface area (Å²) in [6.45, 7) is 7.94. The Morgan fingerprint density at radius 1 is 1.08 bits per heavy atom. The number of hydrogen-bond acceptors (Lipinski definition) is 4. The Balaban J connectivity index is 2.08. The number of carbonyl (C=O) groups is 3. The number of carbonyl (C=O) groups excluding carboxylic acids is 3. The monoisotopic (exact) mass is 340 g/mol. The van der Waals surface area contributed by atoms with Gasteiger partial charge in [-0.3, -0.25) is 24.6 Å². The van der Waals surface area contributed by atoms with Crippen LogP contribution in [0.3, 0.4) is 0 Å². The first kappa shape index (κ1) is 15.2. The van der Waals surface area contributed by atoms with E-state index in [0.717, 1.165) is 39.7 Å². The summed E-state index contributed by atoms with van der Waals surface area (Å²) in [6.07, 6.45) is 2.07. The molecular weight excluding hydrogens is 324 g/mol. The molecule has 0 atom stereocenters. The molecule has 3 aliphatic rings. The lowest BCUT2D eigenvalue weighted by molar-refractivity contribution is -0.116. The van der Waals surface area contributed by atoms with Crippen molar-refractivity contribution in [3.63, 3.8) is 0 Å². The van der Waals surface area contributed by atoms with E-state index in [1.54, 1.807) is 4.90 Å².